The Hall–Kier alpha value is -3.29. The summed E-state index contributed by atoms with van der Waals surface area (Å²) < 4.78 is 11.7. The van der Waals surface area contributed by atoms with Crippen LogP contribution in [0.25, 0.3) is 0 Å². The molecule has 0 saturated heterocycles. The number of hydrogen-bond donors (Lipinski definition) is 1. The Morgan fingerprint density at radius 1 is 1.16 bits per heavy atom. The van der Waals surface area contributed by atoms with Crippen LogP contribution in [0.3, 0.4) is 0 Å². The van der Waals surface area contributed by atoms with Gasteiger partial charge in [-0.2, -0.15) is 0 Å². The first kappa shape index (κ1) is 23.4. The fourth-order valence-electron chi connectivity index (χ4n) is 4.07. The maximum Gasteiger partial charge on any atom is 0.249 e. The molecule has 0 spiro atoms. The maximum absolute atomic E-state index is 12.9. The van der Waals surface area contributed by atoms with Crippen molar-refractivity contribution in [2.45, 2.75) is 65.0 Å². The highest BCUT2D eigenvalue weighted by Gasteiger charge is 2.41. The van der Waals surface area contributed by atoms with Gasteiger partial charge in [0.25, 0.3) is 0 Å². The lowest BCUT2D eigenvalue weighted by Crippen LogP contribution is -2.65. The summed E-state index contributed by atoms with van der Waals surface area (Å²) in [6.45, 7) is 12.9. The van der Waals surface area contributed by atoms with Crippen LogP contribution in [0.1, 0.15) is 54.0 Å². The van der Waals surface area contributed by atoms with Crippen LogP contribution < -0.4 is 19.9 Å². The number of aromatic nitrogens is 1. The zero-order valence-corrected chi connectivity index (χ0v) is 19.6. The third-order valence-corrected chi connectivity index (χ3v) is 5.43. The van der Waals surface area contributed by atoms with Crippen molar-refractivity contribution in [3.05, 3.63) is 42.1 Å². The molecule has 2 heterocycles. The highest BCUT2D eigenvalue weighted by atomic mass is 16.5. The van der Waals surface area contributed by atoms with E-state index in [0.29, 0.717) is 23.9 Å². The van der Waals surface area contributed by atoms with Gasteiger partial charge in [0, 0.05) is 22.6 Å². The van der Waals surface area contributed by atoms with E-state index < -0.39 is 23.1 Å². The third kappa shape index (κ3) is 4.49. The molecule has 1 aliphatic rings. The van der Waals surface area contributed by atoms with Crippen LogP contribution in [0.5, 0.6) is 17.4 Å². The molecule has 0 saturated carbocycles. The molecule has 0 unspecified atom stereocenters. The molecule has 8 heteroatoms. The van der Waals surface area contributed by atoms with Crippen molar-refractivity contribution >= 4 is 17.7 Å². The summed E-state index contributed by atoms with van der Waals surface area (Å²) in [7, 11) is 0. The van der Waals surface area contributed by atoms with Crippen LogP contribution in [0.4, 0.5) is 10.5 Å². The van der Waals surface area contributed by atoms with Gasteiger partial charge in [-0.3, -0.25) is 4.79 Å². The molecule has 0 aliphatic carbocycles. The van der Waals surface area contributed by atoms with E-state index in [1.165, 1.54) is 20.0 Å². The summed E-state index contributed by atoms with van der Waals surface area (Å²) in [5, 5.41) is 14.4. The van der Waals surface area contributed by atoms with E-state index in [1.807, 2.05) is 18.2 Å². The van der Waals surface area contributed by atoms with Gasteiger partial charge in [0.15, 0.2) is 0 Å². The van der Waals surface area contributed by atoms with Crippen LogP contribution in [0.2, 0.25) is 0 Å². The van der Waals surface area contributed by atoms with Gasteiger partial charge in [-0.15, -0.1) is 0 Å². The predicted molar refractivity (Wildman–Crippen MR) is 119 cm³/mol. The van der Waals surface area contributed by atoms with E-state index in [1.54, 1.807) is 32.9 Å². The number of pyridine rings is 1. The van der Waals surface area contributed by atoms with E-state index in [-0.39, 0.29) is 5.41 Å². The molecule has 0 atom stereocenters. The molecule has 3 rings (SSSR count). The SMILES string of the molecule is CC1(C)COc2cccc(Oc3ccc(NC(=O)C(C)(C)N(C(=O)[O-])C(C)(C)C)cn3)c21. The fraction of sp³-hybridized carbons (Fsp3) is 0.458. The van der Waals surface area contributed by atoms with E-state index in [2.05, 4.69) is 24.1 Å². The Morgan fingerprint density at radius 2 is 1.84 bits per heavy atom. The van der Waals surface area contributed by atoms with E-state index >= 15 is 0 Å². The molecule has 2 aromatic rings. The van der Waals surface area contributed by atoms with Crippen molar-refractivity contribution in [2.24, 2.45) is 0 Å². The van der Waals surface area contributed by atoms with Gasteiger partial charge >= 0.3 is 0 Å². The molecule has 0 fully saturated rings. The Balaban J connectivity index is 1.76. The summed E-state index contributed by atoms with van der Waals surface area (Å²) in [4.78, 5) is 29.9. The number of carboxylic acid groups (broad SMARTS) is 1. The molecule has 172 valence electrons. The zero-order valence-electron chi connectivity index (χ0n) is 19.6. The quantitative estimate of drug-likeness (QED) is 0.760. The predicted octanol–water partition coefficient (Wildman–Crippen LogP) is 3.70. The molecule has 0 bridgehead atoms. The van der Waals surface area contributed by atoms with Crippen molar-refractivity contribution in [3.8, 4) is 17.4 Å². The minimum atomic E-state index is -1.41. The molecule has 2 amide bonds. The smallest absolute Gasteiger partial charge is 0.249 e. The fourth-order valence-corrected chi connectivity index (χ4v) is 4.07. The second-order valence-electron chi connectivity index (χ2n) is 10.1. The molecular formula is C24H30N3O5-. The number of benzene rings is 1. The Morgan fingerprint density at radius 3 is 2.41 bits per heavy atom. The van der Waals surface area contributed by atoms with Gasteiger partial charge in [-0.1, -0.05) is 19.9 Å². The topological polar surface area (TPSA) is 104 Å². The van der Waals surface area contributed by atoms with Crippen LogP contribution in [-0.4, -0.2) is 39.6 Å². The second-order valence-corrected chi connectivity index (χ2v) is 10.1. The van der Waals surface area contributed by atoms with Crippen molar-refractivity contribution in [1.29, 1.82) is 0 Å². The number of anilines is 1. The highest BCUT2D eigenvalue weighted by Crippen LogP contribution is 2.45. The number of carbonyl (C=O) groups excluding carboxylic acids is 2. The minimum absolute atomic E-state index is 0.177. The van der Waals surface area contributed by atoms with Gasteiger partial charge < -0.3 is 29.6 Å². The number of rotatable bonds is 5. The Bertz CT molecular complexity index is 1020. The average Bonchev–Trinajstić information content (AvgIpc) is 2.97. The second kappa shape index (κ2) is 8.00. The maximum atomic E-state index is 12.9. The lowest BCUT2D eigenvalue weighted by atomic mass is 9.86. The summed E-state index contributed by atoms with van der Waals surface area (Å²) in [6.07, 6.45) is 0.0519. The molecule has 1 aromatic heterocycles. The number of fused-ring (bicyclic) bond motifs is 1. The van der Waals surface area contributed by atoms with E-state index in [0.717, 1.165) is 16.2 Å². The number of ether oxygens (including phenoxy) is 2. The number of nitrogens with one attached hydrogen (secondary N) is 1. The summed E-state index contributed by atoms with van der Waals surface area (Å²) in [5.41, 5.74) is -0.940. The van der Waals surface area contributed by atoms with Crippen LogP contribution in [0.15, 0.2) is 36.5 Å². The average molecular weight is 441 g/mol. The minimum Gasteiger partial charge on any atom is -0.530 e. The third-order valence-electron chi connectivity index (χ3n) is 5.43. The van der Waals surface area contributed by atoms with Gasteiger partial charge in [0.1, 0.15) is 23.1 Å². The van der Waals surface area contributed by atoms with Crippen molar-refractivity contribution < 1.29 is 24.2 Å². The van der Waals surface area contributed by atoms with Gasteiger partial charge in [0.2, 0.25) is 11.8 Å². The van der Waals surface area contributed by atoms with Crippen LogP contribution >= 0.6 is 0 Å². The van der Waals surface area contributed by atoms with Crippen molar-refractivity contribution in [1.82, 2.24) is 9.88 Å². The van der Waals surface area contributed by atoms with Crippen molar-refractivity contribution in [3.63, 3.8) is 0 Å². The molecule has 1 aliphatic heterocycles. The molecule has 32 heavy (non-hydrogen) atoms. The monoisotopic (exact) mass is 440 g/mol. The summed E-state index contributed by atoms with van der Waals surface area (Å²) in [6, 6.07) is 8.95. The highest BCUT2D eigenvalue weighted by molar-refractivity contribution is 5.99. The summed E-state index contributed by atoms with van der Waals surface area (Å²) in [5.74, 6) is 1.34. The van der Waals surface area contributed by atoms with Crippen LogP contribution in [0, 0.1) is 0 Å². The lowest BCUT2D eigenvalue weighted by molar-refractivity contribution is -0.276. The molecule has 1 aromatic carbocycles. The van der Waals surface area contributed by atoms with Gasteiger partial charge in [-0.25, -0.2) is 4.98 Å². The van der Waals surface area contributed by atoms with Gasteiger partial charge in [0.05, 0.1) is 18.5 Å². The van der Waals surface area contributed by atoms with Gasteiger partial charge in [-0.05, 0) is 52.8 Å². The first-order chi connectivity index (χ1) is 14.7. The number of hydrogen-bond acceptors (Lipinski definition) is 6. The van der Waals surface area contributed by atoms with E-state index in [4.69, 9.17) is 9.47 Å². The van der Waals surface area contributed by atoms with Crippen molar-refractivity contribution in [2.75, 3.05) is 11.9 Å². The molecule has 8 nitrogen and oxygen atoms in total. The Labute approximate surface area is 188 Å². The molecular weight excluding hydrogens is 410 g/mol. The zero-order chi connectivity index (χ0) is 23.9. The molecule has 1 N–H and O–H groups in total. The largest absolute Gasteiger partial charge is 0.530 e. The van der Waals surface area contributed by atoms with E-state index in [9.17, 15) is 14.7 Å². The Kier molecular flexibility index (Phi) is 5.84. The standard InChI is InChI=1S/C24H31N3O5/c1-22(2,3)27(21(29)30)24(6,7)20(28)26-15-11-12-18(25-13-15)32-17-10-8-9-16-19(17)23(4,5)14-31-16/h8-13H,14H2,1-7H3,(H,26,28)(H,29,30)/p-1. The first-order valence-corrected chi connectivity index (χ1v) is 10.5. The number of carbonyl (C=O) groups is 2. The first-order valence-electron chi connectivity index (χ1n) is 10.5. The number of nitrogens with zero attached hydrogens (tertiary/aromatic N) is 2. The number of amides is 2. The van der Waals surface area contributed by atoms with Crippen LogP contribution in [-0.2, 0) is 10.2 Å². The molecule has 0 radical (unpaired) electrons. The lowest BCUT2D eigenvalue weighted by Gasteiger charge is -2.47. The summed E-state index contributed by atoms with van der Waals surface area (Å²) >= 11 is 0. The normalized spacial score (nSPS) is 14.8.